The second kappa shape index (κ2) is 9.81. The van der Waals surface area contributed by atoms with E-state index in [2.05, 4.69) is 10.3 Å². The second-order valence-electron chi connectivity index (χ2n) is 11.3. The Kier molecular flexibility index (Phi) is 6.53. The van der Waals surface area contributed by atoms with Crippen molar-refractivity contribution in [2.24, 2.45) is 11.8 Å². The third-order valence-corrected chi connectivity index (χ3v) is 9.00. The van der Waals surface area contributed by atoms with Crippen LogP contribution in [0.2, 0.25) is 0 Å². The molecule has 212 valence electrons. The Bertz CT molecular complexity index is 1400. The van der Waals surface area contributed by atoms with Gasteiger partial charge in [-0.05, 0) is 31.9 Å². The first kappa shape index (κ1) is 26.6. The van der Waals surface area contributed by atoms with Crippen molar-refractivity contribution in [1.29, 1.82) is 0 Å². The van der Waals surface area contributed by atoms with Gasteiger partial charge < -0.3 is 24.5 Å². The van der Waals surface area contributed by atoms with E-state index in [1.165, 1.54) is 4.90 Å². The summed E-state index contributed by atoms with van der Waals surface area (Å²) in [4.78, 5) is 47.8. The normalized spacial score (nSPS) is 32.4. The van der Waals surface area contributed by atoms with E-state index >= 15 is 0 Å². The zero-order valence-electron chi connectivity index (χ0n) is 23.1. The number of hydrogen-bond acceptors (Lipinski definition) is 7. The van der Waals surface area contributed by atoms with Crippen LogP contribution in [0, 0.1) is 11.8 Å². The number of hydrogen-bond donors (Lipinski definition) is 1. The molecule has 0 aliphatic carbocycles. The van der Waals surface area contributed by atoms with Crippen LogP contribution >= 0.6 is 0 Å². The Hall–Kier alpha value is -3.57. The predicted molar refractivity (Wildman–Crippen MR) is 145 cm³/mol. The fourth-order valence-corrected chi connectivity index (χ4v) is 7.14. The van der Waals surface area contributed by atoms with Gasteiger partial charge in [0, 0.05) is 19.6 Å². The molecule has 1 unspecified atom stereocenters. The lowest BCUT2D eigenvalue weighted by Gasteiger charge is -2.40. The zero-order valence-corrected chi connectivity index (χ0v) is 23.1. The quantitative estimate of drug-likeness (QED) is 0.519. The maximum absolute atomic E-state index is 14.5. The molecule has 1 spiro atoms. The van der Waals surface area contributed by atoms with Crippen LogP contribution in [0.4, 0.5) is 0 Å². The van der Waals surface area contributed by atoms with Crippen molar-refractivity contribution < 1.29 is 24.2 Å². The number of para-hydroxylation sites is 1. The van der Waals surface area contributed by atoms with Crippen molar-refractivity contribution in [2.45, 2.75) is 63.6 Å². The molecule has 11 nitrogen and oxygen atoms in total. The highest BCUT2D eigenvalue weighted by atomic mass is 16.5. The highest BCUT2D eigenvalue weighted by Gasteiger charge is 2.75. The summed E-state index contributed by atoms with van der Waals surface area (Å²) < 4.78 is 8.61. The summed E-state index contributed by atoms with van der Waals surface area (Å²) in [7, 11) is 0. The Labute approximate surface area is 233 Å². The molecule has 1 N–H and O–H groups in total. The summed E-state index contributed by atoms with van der Waals surface area (Å²) in [5, 5.41) is 18.6. The summed E-state index contributed by atoms with van der Waals surface area (Å²) in [5.41, 5.74) is -0.869. The van der Waals surface area contributed by atoms with E-state index in [0.29, 0.717) is 19.5 Å². The van der Waals surface area contributed by atoms with Gasteiger partial charge in [0.05, 0.1) is 35.6 Å². The molecule has 1 aromatic heterocycles. The first-order valence-corrected chi connectivity index (χ1v) is 14.2. The van der Waals surface area contributed by atoms with Crippen LogP contribution in [0.3, 0.4) is 0 Å². The molecule has 6 rings (SSSR count). The first-order valence-electron chi connectivity index (χ1n) is 14.2. The molecule has 1 aromatic carbocycles. The highest BCUT2D eigenvalue weighted by molar-refractivity contribution is 6.00. The van der Waals surface area contributed by atoms with Crippen LogP contribution in [0.15, 0.2) is 48.6 Å². The average molecular weight is 549 g/mol. The van der Waals surface area contributed by atoms with Gasteiger partial charge in [-0.3, -0.25) is 14.4 Å². The third-order valence-electron chi connectivity index (χ3n) is 9.00. The summed E-state index contributed by atoms with van der Waals surface area (Å²) in [6.07, 6.45) is 8.84. The van der Waals surface area contributed by atoms with Crippen LogP contribution in [0.1, 0.15) is 33.6 Å². The molecule has 11 heteroatoms. The number of aromatic nitrogens is 3. The van der Waals surface area contributed by atoms with Crippen molar-refractivity contribution in [3.8, 4) is 0 Å². The standard InChI is InChI=1S/C29H36N6O5/c1-4-14-32-15-8-12-28(5-2)22(25(32)37)23-26(38)35(19(3)17-36)24-27(39)33(16-9-13-29(23,24)40-28)18-34-21-11-7-6-10-20(21)30-31-34/h6-13,19,22-24,36H,4-5,14-18H2,1-3H3/t19-,22-,23+,24?,28+,29+/m1/s1. The van der Waals surface area contributed by atoms with E-state index in [-0.39, 0.29) is 37.5 Å². The molecule has 3 amide bonds. The molecule has 0 bridgehead atoms. The average Bonchev–Trinajstić information content (AvgIpc) is 3.51. The van der Waals surface area contributed by atoms with Gasteiger partial charge >= 0.3 is 0 Å². The topological polar surface area (TPSA) is 121 Å². The molecule has 4 aliphatic heterocycles. The summed E-state index contributed by atoms with van der Waals surface area (Å²) in [6.45, 7) is 6.79. The number of aliphatic hydroxyl groups excluding tert-OH is 1. The van der Waals surface area contributed by atoms with Gasteiger partial charge in [-0.15, -0.1) is 5.10 Å². The molecule has 2 aromatic rings. The van der Waals surface area contributed by atoms with E-state index in [1.807, 2.05) is 62.4 Å². The molecule has 40 heavy (non-hydrogen) atoms. The minimum absolute atomic E-state index is 0.127. The van der Waals surface area contributed by atoms with Gasteiger partial charge in [0.1, 0.15) is 23.8 Å². The molecule has 0 radical (unpaired) electrons. The number of amides is 3. The Morgan fingerprint density at radius 2 is 1.77 bits per heavy atom. The number of ether oxygens (including phenoxy) is 1. The second-order valence-corrected chi connectivity index (χ2v) is 11.3. The largest absolute Gasteiger partial charge is 0.394 e. The van der Waals surface area contributed by atoms with Crippen LogP contribution < -0.4 is 0 Å². The van der Waals surface area contributed by atoms with Crippen LogP contribution in [-0.2, 0) is 25.8 Å². The monoisotopic (exact) mass is 548 g/mol. The summed E-state index contributed by atoms with van der Waals surface area (Å²) >= 11 is 0. The summed E-state index contributed by atoms with van der Waals surface area (Å²) in [5.74, 6) is -2.45. The number of rotatable bonds is 7. The van der Waals surface area contributed by atoms with Crippen LogP contribution in [0.25, 0.3) is 11.0 Å². The zero-order chi connectivity index (χ0) is 28.2. The summed E-state index contributed by atoms with van der Waals surface area (Å²) in [6, 6.07) is 5.83. The van der Waals surface area contributed by atoms with E-state index in [9.17, 15) is 19.5 Å². The van der Waals surface area contributed by atoms with E-state index in [4.69, 9.17) is 4.74 Å². The van der Waals surface area contributed by atoms with Gasteiger partial charge in [-0.2, -0.15) is 0 Å². The van der Waals surface area contributed by atoms with Crippen LogP contribution in [-0.4, -0.2) is 102 Å². The minimum Gasteiger partial charge on any atom is -0.394 e. The van der Waals surface area contributed by atoms with Gasteiger partial charge in [-0.25, -0.2) is 4.68 Å². The third kappa shape index (κ3) is 3.67. The van der Waals surface area contributed by atoms with Gasteiger partial charge in [0.2, 0.25) is 11.8 Å². The SMILES string of the molecule is CCCN1CC=C[C@]2(CC)O[C@]34C=CCN(Cn5nnc6ccccc65)C(=O)C3N([C@H](C)CO)C(=O)[C@@H]4[C@@H]2C1=O. The van der Waals surface area contributed by atoms with Gasteiger partial charge in [-0.1, -0.05) is 55.5 Å². The maximum atomic E-state index is 14.5. The number of carbonyl (C=O) groups excluding carboxylic acids is 3. The van der Waals surface area contributed by atoms with E-state index in [0.717, 1.165) is 17.5 Å². The predicted octanol–water partition coefficient (Wildman–Crippen LogP) is 1.34. The van der Waals surface area contributed by atoms with Crippen molar-refractivity contribution in [3.05, 3.63) is 48.6 Å². The minimum atomic E-state index is -1.35. The lowest BCUT2D eigenvalue weighted by molar-refractivity contribution is -0.157. The van der Waals surface area contributed by atoms with Gasteiger partial charge in [0.15, 0.2) is 0 Å². The molecule has 2 saturated heterocycles. The molecule has 4 aliphatic rings. The van der Waals surface area contributed by atoms with Gasteiger partial charge in [0.25, 0.3) is 5.91 Å². The smallest absolute Gasteiger partial charge is 0.250 e. The molecular weight excluding hydrogens is 512 g/mol. The lowest BCUT2D eigenvalue weighted by Crippen LogP contribution is -2.58. The molecule has 2 fully saturated rings. The fourth-order valence-electron chi connectivity index (χ4n) is 7.14. The van der Waals surface area contributed by atoms with Crippen molar-refractivity contribution in [3.63, 3.8) is 0 Å². The van der Waals surface area contributed by atoms with E-state index < -0.39 is 35.1 Å². The van der Waals surface area contributed by atoms with Crippen LogP contribution in [0.5, 0.6) is 0 Å². The number of benzene rings is 1. The molecular formula is C29H36N6O5. The number of aliphatic hydroxyl groups is 1. The number of fused-ring (bicyclic) bond motifs is 3. The molecule has 0 saturated carbocycles. The Balaban J connectivity index is 1.45. The maximum Gasteiger partial charge on any atom is 0.250 e. The Morgan fingerprint density at radius 1 is 1.02 bits per heavy atom. The fraction of sp³-hybridized carbons (Fsp3) is 0.552. The molecule has 5 heterocycles. The Morgan fingerprint density at radius 3 is 2.52 bits per heavy atom. The number of likely N-dealkylation sites (tertiary alicyclic amines) is 1. The van der Waals surface area contributed by atoms with Crippen molar-refractivity contribution in [1.82, 2.24) is 29.7 Å². The van der Waals surface area contributed by atoms with Crippen molar-refractivity contribution >= 4 is 28.8 Å². The van der Waals surface area contributed by atoms with E-state index in [1.54, 1.807) is 21.4 Å². The molecule has 6 atom stereocenters. The lowest BCUT2D eigenvalue weighted by atomic mass is 9.73. The highest BCUT2D eigenvalue weighted by Crippen LogP contribution is 2.58. The number of carbonyl (C=O) groups is 3. The van der Waals surface area contributed by atoms with Crippen molar-refractivity contribution in [2.75, 3.05) is 26.2 Å². The first-order chi connectivity index (χ1) is 19.3. The number of nitrogens with zero attached hydrogens (tertiary/aromatic N) is 6.